The molecule has 0 radical (unpaired) electrons. The summed E-state index contributed by atoms with van der Waals surface area (Å²) in [4.78, 5) is 0. The van der Waals surface area contributed by atoms with Crippen LogP contribution in [0.15, 0.2) is 30.2 Å². The van der Waals surface area contributed by atoms with Gasteiger partial charge < -0.3 is 9.47 Å². The number of rotatable bonds is 6. The van der Waals surface area contributed by atoms with Gasteiger partial charge in [-0.25, -0.2) is 8.42 Å². The van der Waals surface area contributed by atoms with E-state index in [4.69, 9.17) is 9.47 Å². The standard InChI is InChI=1S/C12H17NO4S/c1-5-18(14,15)13(2)9-10-6-7-11(16-3)8-12(10)17-4/h5-8H,1,9H2,2-4H3. The fourth-order valence-electron chi connectivity index (χ4n) is 1.44. The molecular weight excluding hydrogens is 254 g/mol. The smallest absolute Gasteiger partial charge is 0.235 e. The Labute approximate surface area is 108 Å². The highest BCUT2D eigenvalue weighted by atomic mass is 32.2. The van der Waals surface area contributed by atoms with Gasteiger partial charge in [-0.2, -0.15) is 4.31 Å². The number of hydrogen-bond acceptors (Lipinski definition) is 4. The zero-order valence-electron chi connectivity index (χ0n) is 10.7. The first-order valence-electron chi connectivity index (χ1n) is 5.24. The van der Waals surface area contributed by atoms with Gasteiger partial charge >= 0.3 is 0 Å². The minimum absolute atomic E-state index is 0.210. The topological polar surface area (TPSA) is 55.8 Å². The number of benzene rings is 1. The molecule has 0 saturated heterocycles. The van der Waals surface area contributed by atoms with Crippen LogP contribution in [0.3, 0.4) is 0 Å². The van der Waals surface area contributed by atoms with Crippen molar-refractivity contribution in [3.8, 4) is 11.5 Å². The van der Waals surface area contributed by atoms with E-state index in [-0.39, 0.29) is 6.54 Å². The Morgan fingerprint density at radius 3 is 2.50 bits per heavy atom. The molecule has 0 aromatic heterocycles. The molecule has 0 aliphatic carbocycles. The van der Waals surface area contributed by atoms with Gasteiger partial charge in [0.1, 0.15) is 11.5 Å². The summed E-state index contributed by atoms with van der Waals surface area (Å²) in [7, 11) is 1.15. The minimum atomic E-state index is -3.43. The van der Waals surface area contributed by atoms with Crippen LogP contribution in [0.4, 0.5) is 0 Å². The highest BCUT2D eigenvalue weighted by molar-refractivity contribution is 7.91. The van der Waals surface area contributed by atoms with E-state index in [1.54, 1.807) is 25.3 Å². The van der Waals surface area contributed by atoms with E-state index in [1.165, 1.54) is 18.5 Å². The lowest BCUT2D eigenvalue weighted by molar-refractivity contribution is 0.384. The lowest BCUT2D eigenvalue weighted by Gasteiger charge is -2.17. The van der Waals surface area contributed by atoms with Crippen molar-refractivity contribution in [2.24, 2.45) is 0 Å². The third kappa shape index (κ3) is 3.24. The fourth-order valence-corrected chi connectivity index (χ4v) is 2.01. The van der Waals surface area contributed by atoms with E-state index in [9.17, 15) is 8.42 Å². The second kappa shape index (κ2) is 5.88. The molecular formula is C12H17NO4S. The lowest BCUT2D eigenvalue weighted by Crippen LogP contribution is -2.24. The van der Waals surface area contributed by atoms with Crippen molar-refractivity contribution >= 4 is 10.0 Å². The van der Waals surface area contributed by atoms with Crippen molar-refractivity contribution in [1.29, 1.82) is 0 Å². The van der Waals surface area contributed by atoms with Gasteiger partial charge in [0.2, 0.25) is 10.0 Å². The van der Waals surface area contributed by atoms with E-state index in [1.807, 2.05) is 0 Å². The summed E-state index contributed by atoms with van der Waals surface area (Å²) in [5.74, 6) is 1.24. The first kappa shape index (κ1) is 14.5. The molecule has 0 amide bonds. The van der Waals surface area contributed by atoms with Crippen LogP contribution in [0, 0.1) is 0 Å². The van der Waals surface area contributed by atoms with E-state index in [0.29, 0.717) is 11.5 Å². The molecule has 100 valence electrons. The van der Waals surface area contributed by atoms with Gasteiger partial charge in [0.25, 0.3) is 0 Å². The predicted molar refractivity (Wildman–Crippen MR) is 70.1 cm³/mol. The van der Waals surface area contributed by atoms with Crippen LogP contribution in [0.5, 0.6) is 11.5 Å². The Hall–Kier alpha value is -1.53. The van der Waals surface area contributed by atoms with E-state index in [0.717, 1.165) is 11.0 Å². The van der Waals surface area contributed by atoms with Crippen molar-refractivity contribution in [3.05, 3.63) is 35.7 Å². The number of ether oxygens (including phenoxy) is 2. The third-order valence-corrected chi connectivity index (χ3v) is 3.95. The number of methoxy groups -OCH3 is 2. The fraction of sp³-hybridized carbons (Fsp3) is 0.333. The maximum Gasteiger partial charge on any atom is 0.235 e. The molecule has 0 unspecified atom stereocenters. The quantitative estimate of drug-likeness (QED) is 0.788. The monoisotopic (exact) mass is 271 g/mol. The molecule has 6 heteroatoms. The van der Waals surface area contributed by atoms with Crippen LogP contribution < -0.4 is 9.47 Å². The Morgan fingerprint density at radius 2 is 2.00 bits per heavy atom. The molecule has 0 aliphatic heterocycles. The largest absolute Gasteiger partial charge is 0.497 e. The summed E-state index contributed by atoms with van der Waals surface area (Å²) < 4.78 is 34.6. The van der Waals surface area contributed by atoms with Crippen LogP contribution in [0.25, 0.3) is 0 Å². The highest BCUT2D eigenvalue weighted by Gasteiger charge is 2.16. The number of sulfonamides is 1. The normalized spacial score (nSPS) is 11.3. The second-order valence-electron chi connectivity index (χ2n) is 3.65. The zero-order valence-corrected chi connectivity index (χ0v) is 11.5. The summed E-state index contributed by atoms with van der Waals surface area (Å²) in [6.07, 6.45) is 0. The predicted octanol–water partition coefficient (Wildman–Crippen LogP) is 1.61. The first-order valence-corrected chi connectivity index (χ1v) is 6.74. The van der Waals surface area contributed by atoms with Gasteiger partial charge in [0, 0.05) is 30.6 Å². The molecule has 0 fully saturated rings. The van der Waals surface area contributed by atoms with Crippen molar-refractivity contribution < 1.29 is 17.9 Å². The van der Waals surface area contributed by atoms with Gasteiger partial charge in [-0.05, 0) is 6.07 Å². The average molecular weight is 271 g/mol. The maximum atomic E-state index is 11.6. The molecule has 0 N–H and O–H groups in total. The summed E-state index contributed by atoms with van der Waals surface area (Å²) in [5, 5.41) is 0.920. The molecule has 0 heterocycles. The second-order valence-corrected chi connectivity index (χ2v) is 5.63. The van der Waals surface area contributed by atoms with Gasteiger partial charge in [-0.3, -0.25) is 0 Å². The molecule has 1 rings (SSSR count). The maximum absolute atomic E-state index is 11.6. The Bertz CT molecular complexity index is 525. The Balaban J connectivity index is 3.01. The molecule has 1 aromatic carbocycles. The Morgan fingerprint density at radius 1 is 1.33 bits per heavy atom. The molecule has 18 heavy (non-hydrogen) atoms. The van der Waals surface area contributed by atoms with E-state index >= 15 is 0 Å². The van der Waals surface area contributed by atoms with Crippen molar-refractivity contribution in [2.75, 3.05) is 21.3 Å². The molecule has 0 spiro atoms. The van der Waals surface area contributed by atoms with E-state index < -0.39 is 10.0 Å². The highest BCUT2D eigenvalue weighted by Crippen LogP contribution is 2.26. The number of nitrogens with zero attached hydrogens (tertiary/aromatic N) is 1. The van der Waals surface area contributed by atoms with Crippen LogP contribution in [0.1, 0.15) is 5.56 Å². The van der Waals surface area contributed by atoms with Gasteiger partial charge in [0.05, 0.1) is 14.2 Å². The SMILES string of the molecule is C=CS(=O)(=O)N(C)Cc1ccc(OC)cc1OC. The van der Waals surface area contributed by atoms with Crippen LogP contribution in [-0.2, 0) is 16.6 Å². The summed E-state index contributed by atoms with van der Waals surface area (Å²) in [5.41, 5.74) is 0.756. The van der Waals surface area contributed by atoms with Gasteiger partial charge in [-0.15, -0.1) is 0 Å². The van der Waals surface area contributed by atoms with Crippen molar-refractivity contribution in [1.82, 2.24) is 4.31 Å². The molecule has 0 bridgehead atoms. The van der Waals surface area contributed by atoms with Crippen LogP contribution >= 0.6 is 0 Å². The van der Waals surface area contributed by atoms with Crippen molar-refractivity contribution in [2.45, 2.75) is 6.54 Å². The van der Waals surface area contributed by atoms with E-state index in [2.05, 4.69) is 6.58 Å². The minimum Gasteiger partial charge on any atom is -0.497 e. The summed E-state index contributed by atoms with van der Waals surface area (Å²) >= 11 is 0. The number of hydrogen-bond donors (Lipinski definition) is 0. The van der Waals surface area contributed by atoms with Crippen LogP contribution in [-0.4, -0.2) is 34.0 Å². The molecule has 0 saturated carbocycles. The molecule has 1 aromatic rings. The molecule has 0 atom stereocenters. The third-order valence-electron chi connectivity index (χ3n) is 2.53. The van der Waals surface area contributed by atoms with Crippen LogP contribution in [0.2, 0.25) is 0 Å². The zero-order chi connectivity index (χ0) is 13.8. The van der Waals surface area contributed by atoms with Crippen molar-refractivity contribution in [3.63, 3.8) is 0 Å². The lowest BCUT2D eigenvalue weighted by atomic mass is 10.2. The summed E-state index contributed by atoms with van der Waals surface area (Å²) in [6.45, 7) is 3.49. The molecule has 0 aliphatic rings. The Kier molecular flexibility index (Phi) is 4.75. The molecule has 5 nitrogen and oxygen atoms in total. The van der Waals surface area contributed by atoms with Gasteiger partial charge in [-0.1, -0.05) is 12.6 Å². The van der Waals surface area contributed by atoms with Gasteiger partial charge in [0.15, 0.2) is 0 Å². The first-order chi connectivity index (χ1) is 8.44. The average Bonchev–Trinajstić information content (AvgIpc) is 2.38. The summed E-state index contributed by atoms with van der Waals surface area (Å²) in [6, 6.07) is 5.24.